The number of nitrogens with one attached hydrogen (secondary N) is 1. The van der Waals surface area contributed by atoms with E-state index in [2.05, 4.69) is 32.2 Å². The van der Waals surface area contributed by atoms with Crippen LogP contribution >= 0.6 is 11.6 Å². The number of nitrogens with zero attached hydrogens (tertiary/aromatic N) is 2. The maximum absolute atomic E-state index is 13.6. The van der Waals surface area contributed by atoms with Crippen LogP contribution in [0.2, 0.25) is 5.02 Å². The van der Waals surface area contributed by atoms with Crippen LogP contribution in [0.15, 0.2) is 48.5 Å². The normalized spacial score (nSPS) is 24.2. The van der Waals surface area contributed by atoms with Crippen LogP contribution in [0.25, 0.3) is 11.3 Å². The van der Waals surface area contributed by atoms with Crippen molar-refractivity contribution in [3.05, 3.63) is 70.4 Å². The topological polar surface area (TPSA) is 56.2 Å². The Morgan fingerprint density at radius 1 is 1.17 bits per heavy atom. The third kappa shape index (κ3) is 4.43. The molecule has 2 fully saturated rings. The monoisotopic (exact) mass is 505 g/mol. The highest BCUT2D eigenvalue weighted by molar-refractivity contribution is 6.31. The Bertz CT molecular complexity index is 1280. The predicted molar refractivity (Wildman–Crippen MR) is 145 cm³/mol. The van der Waals surface area contributed by atoms with Gasteiger partial charge in [0.25, 0.3) is 5.91 Å². The van der Waals surface area contributed by atoms with Gasteiger partial charge in [-0.15, -0.1) is 0 Å². The summed E-state index contributed by atoms with van der Waals surface area (Å²) in [6, 6.07) is 16.0. The van der Waals surface area contributed by atoms with Gasteiger partial charge >= 0.3 is 0 Å². The average Bonchev–Trinajstić information content (AvgIpc) is 3.49. The summed E-state index contributed by atoms with van der Waals surface area (Å²) in [5.74, 6) is 1.41. The van der Waals surface area contributed by atoms with E-state index in [0.717, 1.165) is 33.2 Å². The summed E-state index contributed by atoms with van der Waals surface area (Å²) in [6.07, 6.45) is 3.62. The molecule has 36 heavy (non-hydrogen) atoms. The van der Waals surface area contributed by atoms with Gasteiger partial charge in [-0.3, -0.25) is 9.48 Å². The summed E-state index contributed by atoms with van der Waals surface area (Å²) in [5, 5.41) is 8.93. The Morgan fingerprint density at radius 3 is 2.56 bits per heavy atom. The van der Waals surface area contributed by atoms with Crippen LogP contribution in [0.5, 0.6) is 5.75 Å². The molecule has 2 aromatic carbocycles. The van der Waals surface area contributed by atoms with Crippen LogP contribution in [0.4, 0.5) is 0 Å². The van der Waals surface area contributed by atoms with Gasteiger partial charge in [0, 0.05) is 16.6 Å². The number of ether oxygens (including phenoxy) is 1. The fraction of sp³-hybridized carbons (Fsp3) is 0.467. The molecular weight excluding hydrogens is 470 g/mol. The molecule has 1 heterocycles. The summed E-state index contributed by atoms with van der Waals surface area (Å²) in [4.78, 5) is 13.6. The highest BCUT2D eigenvalue weighted by Crippen LogP contribution is 2.62. The lowest BCUT2D eigenvalue weighted by molar-refractivity contribution is 0.0732. The maximum atomic E-state index is 13.6. The molecule has 1 amide bonds. The van der Waals surface area contributed by atoms with E-state index in [0.29, 0.717) is 24.8 Å². The largest absolute Gasteiger partial charge is 0.494 e. The number of hydrogen-bond donors (Lipinski definition) is 1. The Hall–Kier alpha value is -2.79. The van der Waals surface area contributed by atoms with E-state index in [4.69, 9.17) is 21.4 Å². The average molecular weight is 506 g/mol. The number of carbonyl (C=O) groups excluding carboxylic acids is 1. The van der Waals surface area contributed by atoms with Gasteiger partial charge in [0.2, 0.25) is 0 Å². The van der Waals surface area contributed by atoms with Crippen molar-refractivity contribution in [2.75, 3.05) is 6.61 Å². The molecule has 2 unspecified atom stereocenters. The molecular formula is C30H36ClN3O2. The molecule has 190 valence electrons. The first-order chi connectivity index (χ1) is 17.1. The highest BCUT2D eigenvalue weighted by atomic mass is 35.5. The van der Waals surface area contributed by atoms with Gasteiger partial charge in [0.1, 0.15) is 5.75 Å². The van der Waals surface area contributed by atoms with E-state index >= 15 is 0 Å². The van der Waals surface area contributed by atoms with Crippen LogP contribution in [0.3, 0.4) is 0 Å². The first-order valence-corrected chi connectivity index (χ1v) is 13.4. The number of fused-ring (bicyclic) bond motifs is 2. The van der Waals surface area contributed by atoms with Gasteiger partial charge in [0.15, 0.2) is 5.69 Å². The first kappa shape index (κ1) is 24.9. The Kier molecular flexibility index (Phi) is 6.40. The van der Waals surface area contributed by atoms with Gasteiger partial charge in [-0.2, -0.15) is 5.10 Å². The van der Waals surface area contributed by atoms with E-state index in [1.807, 2.05) is 61.0 Å². The molecule has 3 atom stereocenters. The fourth-order valence-corrected chi connectivity index (χ4v) is 6.70. The second-order valence-corrected chi connectivity index (χ2v) is 11.8. The number of hydrogen-bond acceptors (Lipinski definition) is 3. The zero-order chi connectivity index (χ0) is 25.7. The SMILES string of the molecule is CCOc1ccc(Cn2nc(C(=O)NC3C(C)(C)C4CC[C@@]3(C)C4)cc2-c2ccc(Cl)c(C)c2)cc1. The van der Waals surface area contributed by atoms with Crippen molar-refractivity contribution >= 4 is 17.5 Å². The molecule has 2 aliphatic rings. The molecule has 2 aliphatic carbocycles. The quantitative estimate of drug-likeness (QED) is 0.380. The zero-order valence-corrected chi connectivity index (χ0v) is 22.7. The highest BCUT2D eigenvalue weighted by Gasteiger charge is 2.59. The summed E-state index contributed by atoms with van der Waals surface area (Å²) >= 11 is 6.30. The Balaban J connectivity index is 1.46. The number of aromatic nitrogens is 2. The van der Waals surface area contributed by atoms with Crippen LogP contribution in [0, 0.1) is 23.7 Å². The molecule has 2 saturated carbocycles. The van der Waals surface area contributed by atoms with Crippen molar-refractivity contribution in [1.82, 2.24) is 15.1 Å². The molecule has 2 bridgehead atoms. The van der Waals surface area contributed by atoms with Crippen molar-refractivity contribution in [2.24, 2.45) is 16.7 Å². The van der Waals surface area contributed by atoms with Gasteiger partial charge in [0.05, 0.1) is 18.8 Å². The molecule has 0 aliphatic heterocycles. The van der Waals surface area contributed by atoms with Gasteiger partial charge in [-0.1, -0.05) is 50.6 Å². The van der Waals surface area contributed by atoms with E-state index in [9.17, 15) is 4.79 Å². The molecule has 0 saturated heterocycles. The lowest BCUT2D eigenvalue weighted by atomic mass is 9.68. The van der Waals surface area contributed by atoms with Gasteiger partial charge < -0.3 is 10.1 Å². The second kappa shape index (κ2) is 9.26. The van der Waals surface area contributed by atoms with E-state index in [1.165, 1.54) is 19.3 Å². The first-order valence-electron chi connectivity index (χ1n) is 13.0. The van der Waals surface area contributed by atoms with Crippen molar-refractivity contribution in [2.45, 2.75) is 66.5 Å². The van der Waals surface area contributed by atoms with Crippen LogP contribution in [-0.2, 0) is 6.54 Å². The third-order valence-corrected chi connectivity index (χ3v) is 9.00. The van der Waals surface area contributed by atoms with Crippen LogP contribution in [-0.4, -0.2) is 28.3 Å². The smallest absolute Gasteiger partial charge is 0.272 e. The molecule has 3 aromatic rings. The summed E-state index contributed by atoms with van der Waals surface area (Å²) < 4.78 is 7.50. The molecule has 1 N–H and O–H groups in total. The number of halogens is 1. The van der Waals surface area contributed by atoms with E-state index in [-0.39, 0.29) is 22.8 Å². The number of amides is 1. The molecule has 6 heteroatoms. The minimum absolute atomic E-state index is 0.0870. The van der Waals surface area contributed by atoms with E-state index in [1.54, 1.807) is 0 Å². The Labute approximate surface area is 219 Å². The number of rotatable bonds is 7. The Morgan fingerprint density at radius 2 is 1.92 bits per heavy atom. The minimum atomic E-state index is -0.0979. The summed E-state index contributed by atoms with van der Waals surface area (Å²) in [7, 11) is 0. The van der Waals surface area contributed by atoms with E-state index < -0.39 is 0 Å². The van der Waals surface area contributed by atoms with Crippen LogP contribution < -0.4 is 10.1 Å². The predicted octanol–water partition coefficient (Wildman–Crippen LogP) is 6.90. The van der Waals surface area contributed by atoms with Crippen molar-refractivity contribution in [3.8, 4) is 17.0 Å². The number of aryl methyl sites for hydroxylation is 1. The number of carbonyl (C=O) groups is 1. The van der Waals surface area contributed by atoms with Crippen molar-refractivity contribution in [3.63, 3.8) is 0 Å². The minimum Gasteiger partial charge on any atom is -0.494 e. The maximum Gasteiger partial charge on any atom is 0.272 e. The second-order valence-electron chi connectivity index (χ2n) is 11.4. The van der Waals surface area contributed by atoms with Gasteiger partial charge in [-0.05, 0) is 91.3 Å². The summed E-state index contributed by atoms with van der Waals surface area (Å²) in [5.41, 5.74) is 4.65. The molecule has 0 radical (unpaired) electrons. The number of benzene rings is 2. The molecule has 1 aromatic heterocycles. The lowest BCUT2D eigenvalue weighted by Crippen LogP contribution is -2.52. The van der Waals surface area contributed by atoms with Gasteiger partial charge in [-0.25, -0.2) is 0 Å². The van der Waals surface area contributed by atoms with Crippen molar-refractivity contribution in [1.29, 1.82) is 0 Å². The molecule has 0 spiro atoms. The summed E-state index contributed by atoms with van der Waals surface area (Å²) in [6.45, 7) is 12.1. The molecule has 5 rings (SSSR count). The van der Waals surface area contributed by atoms with Crippen molar-refractivity contribution < 1.29 is 9.53 Å². The standard InChI is InChI=1S/C30H36ClN3O2/c1-6-36-23-10-7-20(8-11-23)18-34-26(21-9-12-24(31)19(2)15-21)16-25(33-34)27(35)32-28-29(3,4)22-13-14-30(28,5)17-22/h7-12,15-16,22,28H,6,13-14,17-18H2,1-5H3,(H,32,35)/t22?,28?,30-/m0/s1. The molecule has 5 nitrogen and oxygen atoms in total. The third-order valence-electron chi connectivity index (χ3n) is 8.58. The fourth-order valence-electron chi connectivity index (χ4n) is 6.58. The zero-order valence-electron chi connectivity index (χ0n) is 21.9. The van der Waals surface area contributed by atoms with Crippen LogP contribution in [0.1, 0.15) is 68.6 Å². The lowest BCUT2D eigenvalue weighted by Gasteiger charge is -2.42.